The van der Waals surface area contributed by atoms with Crippen LogP contribution in [0.25, 0.3) is 0 Å². The molecule has 0 saturated carbocycles. The zero-order chi connectivity index (χ0) is 12.6. The van der Waals surface area contributed by atoms with E-state index in [1.54, 1.807) is 0 Å². The molecule has 0 fully saturated rings. The summed E-state index contributed by atoms with van der Waals surface area (Å²) in [5, 5.41) is 15.0. The van der Waals surface area contributed by atoms with E-state index in [1.807, 2.05) is 13.8 Å². The van der Waals surface area contributed by atoms with Crippen molar-refractivity contribution in [3.05, 3.63) is 0 Å². The molecule has 0 aromatic heterocycles. The molecule has 4 nitrogen and oxygen atoms in total. The third kappa shape index (κ3) is 6.80. The van der Waals surface area contributed by atoms with Crippen molar-refractivity contribution in [3.8, 4) is 0 Å². The standard InChI is InChI=1S/C12H26N2O2/c1-5-11(8-15)14-10(4)12(16)13-7-6-9(2)3/h9-11,14-15H,5-8H2,1-4H3,(H,13,16). The molecule has 2 atom stereocenters. The Balaban J connectivity index is 3.80. The van der Waals surface area contributed by atoms with Gasteiger partial charge in [-0.05, 0) is 25.7 Å². The van der Waals surface area contributed by atoms with E-state index in [2.05, 4.69) is 24.5 Å². The monoisotopic (exact) mass is 230 g/mol. The van der Waals surface area contributed by atoms with Crippen LogP contribution in [0.1, 0.15) is 40.5 Å². The van der Waals surface area contributed by atoms with Crippen molar-refractivity contribution in [2.75, 3.05) is 13.2 Å². The first kappa shape index (κ1) is 15.4. The van der Waals surface area contributed by atoms with Crippen LogP contribution in [0.5, 0.6) is 0 Å². The maximum absolute atomic E-state index is 11.6. The lowest BCUT2D eigenvalue weighted by atomic mass is 10.1. The Morgan fingerprint density at radius 1 is 1.31 bits per heavy atom. The quantitative estimate of drug-likeness (QED) is 0.580. The van der Waals surface area contributed by atoms with Gasteiger partial charge in [-0.3, -0.25) is 4.79 Å². The van der Waals surface area contributed by atoms with Crippen LogP contribution in [0.3, 0.4) is 0 Å². The second-order valence-electron chi connectivity index (χ2n) is 4.65. The van der Waals surface area contributed by atoms with E-state index in [9.17, 15) is 4.79 Å². The summed E-state index contributed by atoms with van der Waals surface area (Å²) in [6.07, 6.45) is 1.82. The Morgan fingerprint density at radius 3 is 2.38 bits per heavy atom. The van der Waals surface area contributed by atoms with Crippen molar-refractivity contribution in [1.29, 1.82) is 0 Å². The average molecular weight is 230 g/mol. The number of hydrogen-bond acceptors (Lipinski definition) is 3. The number of amides is 1. The minimum absolute atomic E-state index is 0.00542. The lowest BCUT2D eigenvalue weighted by molar-refractivity contribution is -0.123. The van der Waals surface area contributed by atoms with Gasteiger partial charge in [-0.1, -0.05) is 20.8 Å². The summed E-state index contributed by atoms with van der Waals surface area (Å²) in [5.74, 6) is 0.608. The highest BCUT2D eigenvalue weighted by Gasteiger charge is 2.15. The average Bonchev–Trinajstić information content (AvgIpc) is 2.24. The topological polar surface area (TPSA) is 61.4 Å². The van der Waals surface area contributed by atoms with Crippen molar-refractivity contribution in [1.82, 2.24) is 10.6 Å². The Morgan fingerprint density at radius 2 is 1.94 bits per heavy atom. The smallest absolute Gasteiger partial charge is 0.236 e. The number of aliphatic hydroxyl groups excluding tert-OH is 1. The first-order valence-electron chi connectivity index (χ1n) is 6.15. The van der Waals surface area contributed by atoms with Crippen LogP contribution in [0.15, 0.2) is 0 Å². The van der Waals surface area contributed by atoms with Crippen molar-refractivity contribution in [2.45, 2.75) is 52.6 Å². The summed E-state index contributed by atoms with van der Waals surface area (Å²) >= 11 is 0. The largest absolute Gasteiger partial charge is 0.395 e. The summed E-state index contributed by atoms with van der Waals surface area (Å²) in [4.78, 5) is 11.6. The van der Waals surface area contributed by atoms with Gasteiger partial charge in [0.15, 0.2) is 0 Å². The molecule has 16 heavy (non-hydrogen) atoms. The van der Waals surface area contributed by atoms with Crippen LogP contribution in [-0.2, 0) is 4.79 Å². The molecule has 0 rings (SSSR count). The van der Waals surface area contributed by atoms with Gasteiger partial charge in [-0.15, -0.1) is 0 Å². The Kier molecular flexibility index (Phi) is 8.21. The molecule has 0 radical (unpaired) electrons. The van der Waals surface area contributed by atoms with E-state index >= 15 is 0 Å². The number of nitrogens with one attached hydrogen (secondary N) is 2. The highest BCUT2D eigenvalue weighted by atomic mass is 16.3. The number of hydrogen-bond donors (Lipinski definition) is 3. The summed E-state index contributed by atoms with van der Waals surface area (Å²) in [6, 6.07) is -0.241. The zero-order valence-electron chi connectivity index (χ0n) is 10.9. The van der Waals surface area contributed by atoms with Gasteiger partial charge in [-0.25, -0.2) is 0 Å². The van der Waals surface area contributed by atoms with Gasteiger partial charge in [0.25, 0.3) is 0 Å². The number of carbonyl (C=O) groups is 1. The van der Waals surface area contributed by atoms with Crippen LogP contribution < -0.4 is 10.6 Å². The van der Waals surface area contributed by atoms with Crippen LogP contribution in [0.4, 0.5) is 0 Å². The first-order chi connectivity index (χ1) is 7.51. The van der Waals surface area contributed by atoms with Gasteiger partial charge in [0.1, 0.15) is 0 Å². The minimum Gasteiger partial charge on any atom is -0.395 e. The summed E-state index contributed by atoms with van der Waals surface area (Å²) < 4.78 is 0. The molecule has 0 aromatic carbocycles. The Bertz CT molecular complexity index is 191. The molecule has 96 valence electrons. The SMILES string of the molecule is CCC(CO)NC(C)C(=O)NCCC(C)C. The van der Waals surface area contributed by atoms with E-state index < -0.39 is 0 Å². The number of aliphatic hydroxyl groups is 1. The zero-order valence-corrected chi connectivity index (χ0v) is 10.9. The number of rotatable bonds is 8. The third-order valence-electron chi connectivity index (χ3n) is 2.61. The first-order valence-corrected chi connectivity index (χ1v) is 6.15. The summed E-state index contributed by atoms with van der Waals surface area (Å²) in [5.41, 5.74) is 0. The van der Waals surface area contributed by atoms with Gasteiger partial charge in [-0.2, -0.15) is 0 Å². The summed E-state index contributed by atoms with van der Waals surface area (Å²) in [6.45, 7) is 8.86. The second kappa shape index (κ2) is 8.53. The minimum atomic E-state index is -0.246. The van der Waals surface area contributed by atoms with Gasteiger partial charge in [0.05, 0.1) is 12.6 Å². The molecule has 3 N–H and O–H groups in total. The highest BCUT2D eigenvalue weighted by molar-refractivity contribution is 5.81. The van der Waals surface area contributed by atoms with E-state index in [0.29, 0.717) is 5.92 Å². The lowest BCUT2D eigenvalue weighted by Gasteiger charge is -2.20. The van der Waals surface area contributed by atoms with Crippen molar-refractivity contribution < 1.29 is 9.90 Å². The Labute approximate surface area is 98.8 Å². The van der Waals surface area contributed by atoms with E-state index in [0.717, 1.165) is 19.4 Å². The molecular formula is C12H26N2O2. The van der Waals surface area contributed by atoms with Crippen LogP contribution >= 0.6 is 0 Å². The summed E-state index contributed by atoms with van der Waals surface area (Å²) in [7, 11) is 0. The molecule has 4 heteroatoms. The molecule has 0 bridgehead atoms. The van der Waals surface area contributed by atoms with Crippen molar-refractivity contribution in [2.24, 2.45) is 5.92 Å². The van der Waals surface area contributed by atoms with Crippen LogP contribution in [-0.4, -0.2) is 36.2 Å². The van der Waals surface area contributed by atoms with Gasteiger partial charge in [0.2, 0.25) is 5.91 Å². The molecule has 0 aliphatic carbocycles. The Hall–Kier alpha value is -0.610. The fourth-order valence-corrected chi connectivity index (χ4v) is 1.37. The van der Waals surface area contributed by atoms with Crippen LogP contribution in [0, 0.1) is 5.92 Å². The normalized spacial score (nSPS) is 14.9. The fraction of sp³-hybridized carbons (Fsp3) is 0.917. The molecule has 0 aliphatic heterocycles. The fourth-order valence-electron chi connectivity index (χ4n) is 1.37. The lowest BCUT2D eigenvalue weighted by Crippen LogP contribution is -2.47. The third-order valence-corrected chi connectivity index (χ3v) is 2.61. The van der Waals surface area contributed by atoms with Gasteiger partial charge >= 0.3 is 0 Å². The molecular weight excluding hydrogens is 204 g/mol. The highest BCUT2D eigenvalue weighted by Crippen LogP contribution is 1.97. The maximum Gasteiger partial charge on any atom is 0.236 e. The van der Waals surface area contributed by atoms with Crippen molar-refractivity contribution in [3.63, 3.8) is 0 Å². The van der Waals surface area contributed by atoms with E-state index in [4.69, 9.17) is 5.11 Å². The predicted molar refractivity (Wildman–Crippen MR) is 66.2 cm³/mol. The van der Waals surface area contributed by atoms with Gasteiger partial charge in [0, 0.05) is 12.6 Å². The molecule has 0 aromatic rings. The predicted octanol–water partition coefficient (Wildman–Crippen LogP) is 0.898. The molecule has 0 saturated heterocycles. The van der Waals surface area contributed by atoms with E-state index in [-0.39, 0.29) is 24.6 Å². The van der Waals surface area contributed by atoms with Gasteiger partial charge < -0.3 is 15.7 Å². The van der Waals surface area contributed by atoms with Crippen LogP contribution in [0.2, 0.25) is 0 Å². The molecule has 0 spiro atoms. The molecule has 2 unspecified atom stereocenters. The second-order valence-corrected chi connectivity index (χ2v) is 4.65. The molecule has 0 aliphatic rings. The molecule has 1 amide bonds. The molecule has 0 heterocycles. The van der Waals surface area contributed by atoms with Crippen molar-refractivity contribution >= 4 is 5.91 Å². The van der Waals surface area contributed by atoms with E-state index in [1.165, 1.54) is 0 Å². The number of carbonyl (C=O) groups excluding carboxylic acids is 1. The maximum atomic E-state index is 11.6.